The lowest BCUT2D eigenvalue weighted by Gasteiger charge is -2.29. The van der Waals surface area contributed by atoms with Crippen LogP contribution in [0.25, 0.3) is 0 Å². The van der Waals surface area contributed by atoms with Crippen molar-refractivity contribution in [1.29, 1.82) is 0 Å². The summed E-state index contributed by atoms with van der Waals surface area (Å²) in [5, 5.41) is 10.6. The highest BCUT2D eigenvalue weighted by molar-refractivity contribution is 5.54. The molecule has 1 N–H and O–H groups in total. The van der Waals surface area contributed by atoms with Gasteiger partial charge in [-0.25, -0.2) is 0 Å². The van der Waals surface area contributed by atoms with Crippen LogP contribution < -0.4 is 4.74 Å². The first kappa shape index (κ1) is 14.9. The largest absolute Gasteiger partial charge is 0.507 e. The Morgan fingerprint density at radius 1 is 1.00 bits per heavy atom. The van der Waals surface area contributed by atoms with Crippen LogP contribution in [0, 0.1) is 0 Å². The lowest BCUT2D eigenvalue weighted by atomic mass is 9.79. The molecule has 18 heavy (non-hydrogen) atoms. The van der Waals surface area contributed by atoms with Crippen molar-refractivity contribution in [3.8, 4) is 11.5 Å². The molecule has 0 aliphatic heterocycles. The summed E-state index contributed by atoms with van der Waals surface area (Å²) >= 11 is 0. The van der Waals surface area contributed by atoms with Crippen LogP contribution in [0.3, 0.4) is 0 Å². The number of hydrogen-bond donors (Lipinski definition) is 1. The molecule has 1 rings (SSSR count). The van der Waals surface area contributed by atoms with Crippen molar-refractivity contribution in [3.63, 3.8) is 0 Å². The van der Waals surface area contributed by atoms with Gasteiger partial charge in [0.2, 0.25) is 0 Å². The number of phenols is 1. The first-order chi connectivity index (χ1) is 8.09. The minimum absolute atomic E-state index is 0.0746. The summed E-state index contributed by atoms with van der Waals surface area (Å²) in [4.78, 5) is 0. The lowest BCUT2D eigenvalue weighted by Crippen LogP contribution is -2.18. The fourth-order valence-electron chi connectivity index (χ4n) is 2.18. The van der Waals surface area contributed by atoms with E-state index in [0.717, 1.165) is 16.9 Å². The second-order valence-electron chi connectivity index (χ2n) is 6.77. The molecule has 0 radical (unpaired) electrons. The maximum atomic E-state index is 10.6. The van der Waals surface area contributed by atoms with Crippen molar-refractivity contribution in [1.82, 2.24) is 0 Å². The summed E-state index contributed by atoms with van der Waals surface area (Å²) in [6.07, 6.45) is 0. The van der Waals surface area contributed by atoms with E-state index < -0.39 is 0 Å². The Morgan fingerprint density at radius 2 is 1.56 bits per heavy atom. The zero-order chi connectivity index (χ0) is 14.1. The molecule has 0 heterocycles. The number of aromatic hydroxyl groups is 1. The Kier molecular flexibility index (Phi) is 3.99. The standard InChI is InChI=1S/C16H26O2/c1-8-18-12-10-9-11(15(2,3)4)14(17)13(12)16(5,6)7/h9-10,17H,8H2,1-7H3. The molecule has 1 aromatic carbocycles. The van der Waals surface area contributed by atoms with Crippen LogP contribution in [-0.4, -0.2) is 11.7 Å². The number of ether oxygens (including phenoxy) is 1. The van der Waals surface area contributed by atoms with Crippen LogP contribution in [0.2, 0.25) is 0 Å². The molecular formula is C16H26O2. The van der Waals surface area contributed by atoms with E-state index in [2.05, 4.69) is 41.5 Å². The van der Waals surface area contributed by atoms with E-state index in [1.165, 1.54) is 0 Å². The van der Waals surface area contributed by atoms with Crippen LogP contribution >= 0.6 is 0 Å². The van der Waals surface area contributed by atoms with E-state index >= 15 is 0 Å². The van der Waals surface area contributed by atoms with Gasteiger partial charge in [-0.3, -0.25) is 0 Å². The molecule has 0 fully saturated rings. The van der Waals surface area contributed by atoms with Gasteiger partial charge in [0.15, 0.2) is 0 Å². The Balaban J connectivity index is 3.51. The Bertz CT molecular complexity index is 420. The van der Waals surface area contributed by atoms with Gasteiger partial charge in [0, 0.05) is 5.56 Å². The predicted octanol–water partition coefficient (Wildman–Crippen LogP) is 4.39. The minimum Gasteiger partial charge on any atom is -0.507 e. The third kappa shape index (κ3) is 2.98. The van der Waals surface area contributed by atoms with Crippen molar-refractivity contribution in [2.45, 2.75) is 59.3 Å². The highest BCUT2D eigenvalue weighted by atomic mass is 16.5. The highest BCUT2D eigenvalue weighted by Crippen LogP contribution is 2.43. The van der Waals surface area contributed by atoms with Crippen molar-refractivity contribution in [2.24, 2.45) is 0 Å². The molecule has 1 aromatic rings. The molecule has 0 aliphatic carbocycles. The van der Waals surface area contributed by atoms with E-state index in [1.54, 1.807) is 0 Å². The highest BCUT2D eigenvalue weighted by Gasteiger charge is 2.28. The van der Waals surface area contributed by atoms with Gasteiger partial charge < -0.3 is 9.84 Å². The number of phenolic OH excluding ortho intramolecular Hbond substituents is 1. The van der Waals surface area contributed by atoms with Gasteiger partial charge in [0.1, 0.15) is 11.5 Å². The molecule has 102 valence electrons. The molecule has 0 unspecified atom stereocenters. The molecule has 0 aliphatic rings. The molecule has 0 aromatic heterocycles. The van der Waals surface area contributed by atoms with Crippen molar-refractivity contribution >= 4 is 0 Å². The van der Waals surface area contributed by atoms with Gasteiger partial charge in [-0.1, -0.05) is 47.6 Å². The molecule has 0 amide bonds. The summed E-state index contributed by atoms with van der Waals surface area (Å²) < 4.78 is 5.65. The molecule has 0 saturated heterocycles. The van der Waals surface area contributed by atoms with Crippen LogP contribution in [0.1, 0.15) is 59.6 Å². The van der Waals surface area contributed by atoms with Crippen LogP contribution in [0.5, 0.6) is 11.5 Å². The zero-order valence-electron chi connectivity index (χ0n) is 12.7. The monoisotopic (exact) mass is 250 g/mol. The zero-order valence-corrected chi connectivity index (χ0v) is 12.7. The first-order valence-electron chi connectivity index (χ1n) is 6.58. The second kappa shape index (κ2) is 4.83. The molecular weight excluding hydrogens is 224 g/mol. The fraction of sp³-hybridized carbons (Fsp3) is 0.625. The third-order valence-electron chi connectivity index (χ3n) is 3.00. The summed E-state index contributed by atoms with van der Waals surface area (Å²) in [5.74, 6) is 1.16. The van der Waals surface area contributed by atoms with Gasteiger partial charge in [-0.15, -0.1) is 0 Å². The van der Waals surface area contributed by atoms with E-state index in [4.69, 9.17) is 4.74 Å². The third-order valence-corrected chi connectivity index (χ3v) is 3.00. The molecule has 2 nitrogen and oxygen atoms in total. The van der Waals surface area contributed by atoms with Crippen molar-refractivity contribution in [2.75, 3.05) is 6.61 Å². The van der Waals surface area contributed by atoms with E-state index in [9.17, 15) is 5.11 Å². The Labute approximate surface area is 111 Å². The predicted molar refractivity (Wildman–Crippen MR) is 76.7 cm³/mol. The number of rotatable bonds is 2. The van der Waals surface area contributed by atoms with Crippen LogP contribution in [0.4, 0.5) is 0 Å². The smallest absolute Gasteiger partial charge is 0.126 e. The van der Waals surface area contributed by atoms with E-state index in [-0.39, 0.29) is 10.8 Å². The number of benzene rings is 1. The summed E-state index contributed by atoms with van der Waals surface area (Å²) in [6, 6.07) is 3.94. The van der Waals surface area contributed by atoms with Gasteiger partial charge in [0.05, 0.1) is 6.61 Å². The van der Waals surface area contributed by atoms with Gasteiger partial charge in [-0.05, 0) is 29.4 Å². The van der Waals surface area contributed by atoms with E-state index in [0.29, 0.717) is 12.4 Å². The van der Waals surface area contributed by atoms with Gasteiger partial charge in [-0.2, -0.15) is 0 Å². The average molecular weight is 250 g/mol. The van der Waals surface area contributed by atoms with Crippen LogP contribution in [0.15, 0.2) is 12.1 Å². The molecule has 2 heteroatoms. The number of hydrogen-bond acceptors (Lipinski definition) is 2. The van der Waals surface area contributed by atoms with Gasteiger partial charge in [0.25, 0.3) is 0 Å². The van der Waals surface area contributed by atoms with Crippen molar-refractivity contribution < 1.29 is 9.84 Å². The maximum Gasteiger partial charge on any atom is 0.126 e. The van der Waals surface area contributed by atoms with Gasteiger partial charge >= 0.3 is 0 Å². The second-order valence-corrected chi connectivity index (χ2v) is 6.77. The topological polar surface area (TPSA) is 29.5 Å². The first-order valence-corrected chi connectivity index (χ1v) is 6.58. The quantitative estimate of drug-likeness (QED) is 0.843. The molecule has 0 spiro atoms. The minimum atomic E-state index is -0.143. The molecule has 0 saturated carbocycles. The SMILES string of the molecule is CCOc1ccc(C(C)(C)C)c(O)c1C(C)(C)C. The Hall–Kier alpha value is -1.18. The summed E-state index contributed by atoms with van der Waals surface area (Å²) in [6.45, 7) is 15.2. The van der Waals surface area contributed by atoms with Crippen LogP contribution in [-0.2, 0) is 10.8 Å². The summed E-state index contributed by atoms with van der Waals surface area (Å²) in [7, 11) is 0. The summed E-state index contributed by atoms with van der Waals surface area (Å²) in [5.41, 5.74) is 1.65. The lowest BCUT2D eigenvalue weighted by molar-refractivity contribution is 0.322. The normalized spacial score (nSPS) is 12.6. The molecule has 0 atom stereocenters. The maximum absolute atomic E-state index is 10.6. The molecule has 0 bridgehead atoms. The fourth-order valence-corrected chi connectivity index (χ4v) is 2.18. The average Bonchev–Trinajstić information content (AvgIpc) is 2.13. The van der Waals surface area contributed by atoms with Crippen molar-refractivity contribution in [3.05, 3.63) is 23.3 Å². The Morgan fingerprint density at radius 3 is 1.94 bits per heavy atom. The van der Waals surface area contributed by atoms with E-state index in [1.807, 2.05) is 19.1 Å².